The number of carbonyl (C=O) groups excluding carboxylic acids is 2. The van der Waals surface area contributed by atoms with Crippen LogP contribution in [0, 0.1) is 6.92 Å². The van der Waals surface area contributed by atoms with Gasteiger partial charge in [-0.2, -0.15) is 18.3 Å². The van der Waals surface area contributed by atoms with Gasteiger partial charge in [0, 0.05) is 19.1 Å². The Morgan fingerprint density at radius 2 is 1.91 bits per heavy atom. The lowest BCUT2D eigenvalue weighted by atomic mass is 10.0. The first-order chi connectivity index (χ1) is 15.2. The van der Waals surface area contributed by atoms with Crippen molar-refractivity contribution in [1.29, 1.82) is 0 Å². The zero-order valence-electron chi connectivity index (χ0n) is 17.2. The molecular weight excluding hydrogens is 425 g/mol. The summed E-state index contributed by atoms with van der Waals surface area (Å²) in [6.07, 6.45) is -0.509. The van der Waals surface area contributed by atoms with Gasteiger partial charge in [-0.25, -0.2) is 4.68 Å². The number of halogens is 3. The number of hydrogen-bond donors (Lipinski definition) is 1. The van der Waals surface area contributed by atoms with E-state index in [0.717, 1.165) is 12.1 Å². The van der Waals surface area contributed by atoms with Crippen molar-refractivity contribution >= 4 is 11.8 Å². The molecule has 2 amide bonds. The van der Waals surface area contributed by atoms with Gasteiger partial charge < -0.3 is 14.6 Å². The van der Waals surface area contributed by atoms with Gasteiger partial charge in [-0.1, -0.05) is 6.07 Å². The molecule has 168 valence electrons. The molecule has 10 heteroatoms. The Kier molecular flexibility index (Phi) is 5.77. The van der Waals surface area contributed by atoms with Gasteiger partial charge in [0.2, 0.25) is 0 Å². The molecule has 0 saturated carbocycles. The largest absolute Gasteiger partial charge is 0.459 e. The zero-order valence-corrected chi connectivity index (χ0v) is 17.2. The lowest BCUT2D eigenvalue weighted by Crippen LogP contribution is -2.46. The van der Waals surface area contributed by atoms with Crippen LogP contribution < -0.4 is 5.32 Å². The average molecular weight is 446 g/mol. The van der Waals surface area contributed by atoms with Gasteiger partial charge in [0.05, 0.1) is 35.0 Å². The average Bonchev–Trinajstić information content (AvgIpc) is 3.43. The van der Waals surface area contributed by atoms with E-state index in [0.29, 0.717) is 31.6 Å². The van der Waals surface area contributed by atoms with Crippen LogP contribution in [-0.4, -0.2) is 45.6 Å². The standard InChI is InChI=1S/C22H21F3N4O3/c1-14-18(13-26-29(14)17-5-2-4-15(12-17)22(23,24)25)20(30)27-16-7-9-28(10-8-16)21(31)19-6-3-11-32-19/h2-6,11-13,16H,7-10H2,1H3,(H,27,30). The predicted molar refractivity (Wildman–Crippen MR) is 108 cm³/mol. The van der Waals surface area contributed by atoms with E-state index >= 15 is 0 Å². The smallest absolute Gasteiger partial charge is 0.416 e. The summed E-state index contributed by atoms with van der Waals surface area (Å²) in [4.78, 5) is 26.8. The van der Waals surface area contributed by atoms with E-state index in [1.807, 2.05) is 0 Å². The Morgan fingerprint density at radius 3 is 2.56 bits per heavy atom. The number of benzene rings is 1. The van der Waals surface area contributed by atoms with Crippen molar-refractivity contribution in [3.8, 4) is 5.69 Å². The fourth-order valence-electron chi connectivity index (χ4n) is 3.75. The molecule has 1 saturated heterocycles. The maximum atomic E-state index is 13.0. The SMILES string of the molecule is Cc1c(C(=O)NC2CCN(C(=O)c3ccco3)CC2)cnn1-c1cccc(C(F)(F)F)c1. The number of piperidine rings is 1. The third-order valence-electron chi connectivity index (χ3n) is 5.52. The monoisotopic (exact) mass is 446 g/mol. The summed E-state index contributed by atoms with van der Waals surface area (Å²) in [5.41, 5.74) is 0.164. The molecule has 0 spiro atoms. The van der Waals surface area contributed by atoms with Crippen LogP contribution >= 0.6 is 0 Å². The molecule has 1 aliphatic rings. The van der Waals surface area contributed by atoms with Gasteiger partial charge >= 0.3 is 6.18 Å². The van der Waals surface area contributed by atoms with Crippen molar-refractivity contribution in [3.05, 3.63) is 71.4 Å². The normalized spacial score (nSPS) is 15.1. The second-order valence-corrected chi connectivity index (χ2v) is 7.62. The van der Waals surface area contributed by atoms with E-state index in [-0.39, 0.29) is 34.9 Å². The quantitative estimate of drug-likeness (QED) is 0.661. The van der Waals surface area contributed by atoms with Crippen LogP contribution in [0.2, 0.25) is 0 Å². The van der Waals surface area contributed by atoms with E-state index in [1.54, 1.807) is 24.0 Å². The van der Waals surface area contributed by atoms with Crippen LogP contribution in [0.5, 0.6) is 0 Å². The minimum Gasteiger partial charge on any atom is -0.459 e. The van der Waals surface area contributed by atoms with Gasteiger partial charge in [-0.3, -0.25) is 9.59 Å². The Labute approximate surface area is 181 Å². The summed E-state index contributed by atoms with van der Waals surface area (Å²) in [5, 5.41) is 7.05. The number of nitrogens with one attached hydrogen (secondary N) is 1. The lowest BCUT2D eigenvalue weighted by molar-refractivity contribution is -0.137. The van der Waals surface area contributed by atoms with E-state index in [4.69, 9.17) is 4.42 Å². The molecule has 1 aliphatic heterocycles. The molecule has 0 aliphatic carbocycles. The number of nitrogens with zero attached hydrogens (tertiary/aromatic N) is 3. The van der Waals surface area contributed by atoms with Crippen molar-refractivity contribution in [2.45, 2.75) is 32.0 Å². The molecule has 0 radical (unpaired) electrons. The number of alkyl halides is 3. The maximum absolute atomic E-state index is 13.0. The van der Waals surface area contributed by atoms with Crippen LogP contribution in [0.1, 0.15) is 45.0 Å². The van der Waals surface area contributed by atoms with E-state index in [9.17, 15) is 22.8 Å². The molecule has 3 heterocycles. The van der Waals surface area contributed by atoms with Crippen molar-refractivity contribution < 1.29 is 27.2 Å². The third kappa shape index (κ3) is 4.39. The molecule has 1 N–H and O–H groups in total. The molecule has 2 aromatic heterocycles. The summed E-state index contributed by atoms with van der Waals surface area (Å²) < 4.78 is 45.5. The van der Waals surface area contributed by atoms with Crippen molar-refractivity contribution in [3.63, 3.8) is 0 Å². The van der Waals surface area contributed by atoms with Crippen molar-refractivity contribution in [2.75, 3.05) is 13.1 Å². The van der Waals surface area contributed by atoms with E-state index in [1.165, 1.54) is 29.3 Å². The number of aromatic nitrogens is 2. The summed E-state index contributed by atoms with van der Waals surface area (Å²) in [6, 6.07) is 7.93. The zero-order chi connectivity index (χ0) is 22.9. The van der Waals surface area contributed by atoms with E-state index in [2.05, 4.69) is 10.4 Å². The Balaban J connectivity index is 1.40. The minimum absolute atomic E-state index is 0.126. The van der Waals surface area contributed by atoms with Gasteiger partial charge in [0.1, 0.15) is 0 Å². The highest BCUT2D eigenvalue weighted by Crippen LogP contribution is 2.30. The Morgan fingerprint density at radius 1 is 1.16 bits per heavy atom. The maximum Gasteiger partial charge on any atom is 0.416 e. The Hall–Kier alpha value is -3.56. The van der Waals surface area contributed by atoms with Crippen molar-refractivity contribution in [2.24, 2.45) is 0 Å². The summed E-state index contributed by atoms with van der Waals surface area (Å²) in [5.74, 6) is -0.250. The van der Waals surface area contributed by atoms with Gasteiger partial charge in [0.15, 0.2) is 5.76 Å². The Bertz CT molecular complexity index is 1110. The van der Waals surface area contributed by atoms with E-state index < -0.39 is 11.7 Å². The molecule has 32 heavy (non-hydrogen) atoms. The van der Waals surface area contributed by atoms with Gasteiger partial charge in [-0.05, 0) is 50.1 Å². The first-order valence-corrected chi connectivity index (χ1v) is 10.1. The van der Waals surface area contributed by atoms with Crippen LogP contribution in [0.15, 0.2) is 53.3 Å². The number of carbonyl (C=O) groups is 2. The predicted octanol–water partition coefficient (Wildman–Crippen LogP) is 3.83. The fraction of sp³-hybridized carbons (Fsp3) is 0.318. The van der Waals surface area contributed by atoms with Crippen molar-refractivity contribution in [1.82, 2.24) is 20.0 Å². The molecular formula is C22H21F3N4O3. The molecule has 0 bridgehead atoms. The second-order valence-electron chi connectivity index (χ2n) is 7.62. The highest BCUT2D eigenvalue weighted by molar-refractivity contribution is 5.95. The molecule has 3 aromatic rings. The lowest BCUT2D eigenvalue weighted by Gasteiger charge is -2.31. The number of furan rings is 1. The number of amides is 2. The third-order valence-corrected chi connectivity index (χ3v) is 5.52. The number of likely N-dealkylation sites (tertiary alicyclic amines) is 1. The second kappa shape index (κ2) is 8.52. The van der Waals surface area contributed by atoms with Crippen LogP contribution in [0.25, 0.3) is 5.69 Å². The molecule has 1 aromatic carbocycles. The summed E-state index contributed by atoms with van der Waals surface area (Å²) in [7, 11) is 0. The van der Waals surface area contributed by atoms with Gasteiger partial charge in [0.25, 0.3) is 11.8 Å². The molecule has 4 rings (SSSR count). The molecule has 0 unspecified atom stereocenters. The topological polar surface area (TPSA) is 80.4 Å². The first kappa shape index (κ1) is 21.7. The van der Waals surface area contributed by atoms with Crippen LogP contribution in [-0.2, 0) is 6.18 Å². The molecule has 7 nitrogen and oxygen atoms in total. The van der Waals surface area contributed by atoms with Gasteiger partial charge in [-0.15, -0.1) is 0 Å². The fourth-order valence-corrected chi connectivity index (χ4v) is 3.75. The first-order valence-electron chi connectivity index (χ1n) is 10.1. The summed E-state index contributed by atoms with van der Waals surface area (Å²) >= 11 is 0. The number of rotatable bonds is 4. The minimum atomic E-state index is -4.47. The summed E-state index contributed by atoms with van der Waals surface area (Å²) in [6.45, 7) is 2.59. The molecule has 0 atom stereocenters. The number of hydrogen-bond acceptors (Lipinski definition) is 4. The van der Waals surface area contributed by atoms with Crippen LogP contribution in [0.3, 0.4) is 0 Å². The molecule has 1 fully saturated rings. The highest BCUT2D eigenvalue weighted by Gasteiger charge is 2.31. The van der Waals surface area contributed by atoms with Crippen LogP contribution in [0.4, 0.5) is 13.2 Å². The highest BCUT2D eigenvalue weighted by atomic mass is 19.4.